The van der Waals surface area contributed by atoms with Gasteiger partial charge in [0.2, 0.25) is 0 Å². The molecule has 2 unspecified atom stereocenters. The molecule has 5 nitrogen and oxygen atoms in total. The van der Waals surface area contributed by atoms with Crippen LogP contribution in [0.2, 0.25) is 0 Å². The van der Waals surface area contributed by atoms with Crippen molar-refractivity contribution in [1.82, 2.24) is 10.1 Å². The second kappa shape index (κ2) is 7.28. The Morgan fingerprint density at radius 2 is 1.96 bits per heavy atom. The molecule has 27 heavy (non-hydrogen) atoms. The number of aryl methyl sites for hydroxylation is 2. The van der Waals surface area contributed by atoms with E-state index in [-0.39, 0.29) is 18.1 Å². The number of para-hydroxylation sites is 1. The molecule has 0 saturated carbocycles. The van der Waals surface area contributed by atoms with Crippen molar-refractivity contribution in [2.24, 2.45) is 0 Å². The SMILES string of the molecule is CCc1noc(C)c1C1(CN2CCCCC2)C(CO)c2ccccc2N1C. The second-order valence-electron chi connectivity index (χ2n) is 8.03. The van der Waals surface area contributed by atoms with Crippen molar-refractivity contribution in [1.29, 1.82) is 0 Å². The number of aliphatic hydroxyl groups excluding tert-OH is 1. The maximum Gasteiger partial charge on any atom is 0.139 e. The van der Waals surface area contributed by atoms with Crippen LogP contribution in [0.25, 0.3) is 0 Å². The van der Waals surface area contributed by atoms with Crippen LogP contribution in [-0.4, -0.2) is 48.5 Å². The fourth-order valence-electron chi connectivity index (χ4n) is 5.35. The van der Waals surface area contributed by atoms with E-state index >= 15 is 0 Å². The number of aromatic nitrogens is 1. The predicted molar refractivity (Wildman–Crippen MR) is 107 cm³/mol. The average molecular weight is 370 g/mol. The molecular weight excluding hydrogens is 338 g/mol. The lowest BCUT2D eigenvalue weighted by Crippen LogP contribution is -2.54. The molecule has 0 aliphatic carbocycles. The molecule has 2 aromatic rings. The number of piperidine rings is 1. The van der Waals surface area contributed by atoms with Crippen molar-refractivity contribution in [2.75, 3.05) is 38.2 Å². The highest BCUT2D eigenvalue weighted by atomic mass is 16.5. The molecule has 146 valence electrons. The lowest BCUT2D eigenvalue weighted by atomic mass is 9.75. The number of benzene rings is 1. The molecule has 1 aromatic heterocycles. The van der Waals surface area contributed by atoms with Crippen molar-refractivity contribution in [3.63, 3.8) is 0 Å². The molecule has 1 saturated heterocycles. The number of nitrogens with zero attached hydrogens (tertiary/aromatic N) is 3. The molecule has 1 aromatic carbocycles. The number of aliphatic hydroxyl groups is 1. The highest BCUT2D eigenvalue weighted by molar-refractivity contribution is 5.66. The van der Waals surface area contributed by atoms with Gasteiger partial charge in [-0.2, -0.15) is 0 Å². The zero-order valence-electron chi connectivity index (χ0n) is 16.7. The molecule has 0 bridgehead atoms. The van der Waals surface area contributed by atoms with Gasteiger partial charge in [0.1, 0.15) is 5.76 Å². The van der Waals surface area contributed by atoms with Crippen LogP contribution in [0.4, 0.5) is 5.69 Å². The van der Waals surface area contributed by atoms with Gasteiger partial charge in [-0.1, -0.05) is 36.7 Å². The number of hydrogen-bond acceptors (Lipinski definition) is 5. The van der Waals surface area contributed by atoms with Crippen molar-refractivity contribution >= 4 is 5.69 Å². The number of fused-ring (bicyclic) bond motifs is 1. The van der Waals surface area contributed by atoms with E-state index in [1.807, 2.05) is 6.92 Å². The van der Waals surface area contributed by atoms with Gasteiger partial charge in [-0.3, -0.25) is 0 Å². The van der Waals surface area contributed by atoms with E-state index in [0.717, 1.165) is 37.5 Å². The van der Waals surface area contributed by atoms with Crippen LogP contribution in [0.15, 0.2) is 28.8 Å². The third-order valence-electron chi connectivity index (χ3n) is 6.65. The Balaban J connectivity index is 1.90. The largest absolute Gasteiger partial charge is 0.396 e. The molecule has 1 fully saturated rings. The van der Waals surface area contributed by atoms with Gasteiger partial charge in [-0.25, -0.2) is 0 Å². The summed E-state index contributed by atoms with van der Waals surface area (Å²) in [5, 5.41) is 14.9. The Labute approximate surface area is 162 Å². The van der Waals surface area contributed by atoms with E-state index in [1.54, 1.807) is 0 Å². The minimum atomic E-state index is -0.356. The summed E-state index contributed by atoms with van der Waals surface area (Å²) in [5.74, 6) is 0.881. The minimum Gasteiger partial charge on any atom is -0.396 e. The van der Waals surface area contributed by atoms with E-state index in [4.69, 9.17) is 4.52 Å². The number of hydrogen-bond donors (Lipinski definition) is 1. The van der Waals surface area contributed by atoms with Gasteiger partial charge >= 0.3 is 0 Å². The molecule has 4 rings (SSSR count). The molecule has 0 amide bonds. The second-order valence-corrected chi connectivity index (χ2v) is 8.03. The summed E-state index contributed by atoms with van der Waals surface area (Å²) in [6, 6.07) is 8.50. The summed E-state index contributed by atoms with van der Waals surface area (Å²) in [4.78, 5) is 4.96. The molecule has 2 atom stereocenters. The highest BCUT2D eigenvalue weighted by Crippen LogP contribution is 2.54. The monoisotopic (exact) mass is 369 g/mol. The third-order valence-corrected chi connectivity index (χ3v) is 6.65. The summed E-state index contributed by atoms with van der Waals surface area (Å²) in [6.45, 7) is 7.39. The van der Waals surface area contributed by atoms with E-state index in [0.29, 0.717) is 0 Å². The van der Waals surface area contributed by atoms with Crippen molar-refractivity contribution in [3.05, 3.63) is 46.8 Å². The van der Waals surface area contributed by atoms with E-state index in [2.05, 4.69) is 53.2 Å². The molecule has 3 heterocycles. The quantitative estimate of drug-likeness (QED) is 0.875. The van der Waals surface area contributed by atoms with Gasteiger partial charge in [-0.15, -0.1) is 0 Å². The van der Waals surface area contributed by atoms with E-state index < -0.39 is 0 Å². The van der Waals surface area contributed by atoms with Crippen LogP contribution in [0.3, 0.4) is 0 Å². The minimum absolute atomic E-state index is 0.00373. The lowest BCUT2D eigenvalue weighted by molar-refractivity contribution is 0.134. The van der Waals surface area contributed by atoms with Crippen molar-refractivity contribution in [3.8, 4) is 0 Å². The van der Waals surface area contributed by atoms with Gasteiger partial charge < -0.3 is 19.4 Å². The Morgan fingerprint density at radius 1 is 1.22 bits per heavy atom. The Bertz CT molecular complexity index is 797. The van der Waals surface area contributed by atoms with Crippen LogP contribution < -0.4 is 4.90 Å². The first-order valence-corrected chi connectivity index (χ1v) is 10.2. The van der Waals surface area contributed by atoms with Crippen LogP contribution in [0.5, 0.6) is 0 Å². The first-order valence-electron chi connectivity index (χ1n) is 10.2. The van der Waals surface area contributed by atoms with Crippen molar-refractivity contribution in [2.45, 2.75) is 51.0 Å². The standard InChI is InChI=1S/C22H31N3O2/c1-4-19-21(16(2)27-23-19)22(15-25-12-8-5-9-13-25)18(14-26)17-10-6-7-11-20(17)24(22)3/h6-7,10-11,18,26H,4-5,8-9,12-15H2,1-3H3. The smallest absolute Gasteiger partial charge is 0.139 e. The number of likely N-dealkylation sites (N-methyl/N-ethyl adjacent to an activating group) is 1. The van der Waals surface area contributed by atoms with Gasteiger partial charge in [0.15, 0.2) is 0 Å². The first-order chi connectivity index (χ1) is 13.1. The van der Waals surface area contributed by atoms with Gasteiger partial charge in [-0.05, 0) is 50.9 Å². The number of likely N-dealkylation sites (tertiary alicyclic amines) is 1. The average Bonchev–Trinajstić information content (AvgIpc) is 3.19. The van der Waals surface area contributed by atoms with E-state index in [9.17, 15) is 5.11 Å². The first kappa shape index (κ1) is 18.5. The highest BCUT2D eigenvalue weighted by Gasteiger charge is 2.54. The Kier molecular flexibility index (Phi) is 4.99. The fourth-order valence-corrected chi connectivity index (χ4v) is 5.35. The van der Waals surface area contributed by atoms with Crippen molar-refractivity contribution < 1.29 is 9.63 Å². The van der Waals surface area contributed by atoms with Gasteiger partial charge in [0, 0.05) is 30.8 Å². The lowest BCUT2D eigenvalue weighted by Gasteiger charge is -2.46. The topological polar surface area (TPSA) is 52.7 Å². The molecule has 1 N–H and O–H groups in total. The fraction of sp³-hybridized carbons (Fsp3) is 0.591. The molecule has 2 aliphatic rings. The van der Waals surface area contributed by atoms with Crippen LogP contribution >= 0.6 is 0 Å². The van der Waals surface area contributed by atoms with Crippen LogP contribution in [0, 0.1) is 6.92 Å². The van der Waals surface area contributed by atoms with E-state index in [1.165, 1.54) is 36.1 Å². The summed E-state index contributed by atoms with van der Waals surface area (Å²) in [5.41, 5.74) is 4.26. The zero-order chi connectivity index (χ0) is 19.0. The summed E-state index contributed by atoms with van der Waals surface area (Å²) in [6.07, 6.45) is 4.64. The Hall–Kier alpha value is -1.85. The third kappa shape index (κ3) is 2.79. The Morgan fingerprint density at radius 3 is 2.67 bits per heavy atom. The maximum atomic E-state index is 10.6. The predicted octanol–water partition coefficient (Wildman–Crippen LogP) is 3.45. The normalized spacial score (nSPS) is 25.8. The number of anilines is 1. The van der Waals surface area contributed by atoms with Crippen LogP contribution in [-0.2, 0) is 12.0 Å². The summed E-state index contributed by atoms with van der Waals surface area (Å²) >= 11 is 0. The van der Waals surface area contributed by atoms with Gasteiger partial charge in [0.25, 0.3) is 0 Å². The molecule has 2 aliphatic heterocycles. The summed E-state index contributed by atoms with van der Waals surface area (Å²) < 4.78 is 5.68. The molecule has 0 radical (unpaired) electrons. The summed E-state index contributed by atoms with van der Waals surface area (Å²) in [7, 11) is 2.17. The number of rotatable bonds is 5. The van der Waals surface area contributed by atoms with Gasteiger partial charge in [0.05, 0.1) is 17.8 Å². The maximum absolute atomic E-state index is 10.6. The molecular formula is C22H31N3O2. The van der Waals surface area contributed by atoms with Crippen LogP contribution in [0.1, 0.15) is 54.7 Å². The zero-order valence-corrected chi connectivity index (χ0v) is 16.7. The molecule has 5 heteroatoms. The molecule has 0 spiro atoms.